The van der Waals surface area contributed by atoms with E-state index in [0.29, 0.717) is 26.7 Å². The summed E-state index contributed by atoms with van der Waals surface area (Å²) in [4.78, 5) is 4.42. The topological polar surface area (TPSA) is 22.1 Å². The average Bonchev–Trinajstić information content (AvgIpc) is 2.67. The van der Waals surface area contributed by atoms with Gasteiger partial charge in [-0.1, -0.05) is 59.6 Å². The number of hydrogen-bond acceptors (Lipinski definition) is 2. The van der Waals surface area contributed by atoms with E-state index >= 15 is 0 Å². The Balaban J connectivity index is 1.85. The predicted molar refractivity (Wildman–Crippen MR) is 110 cm³/mol. The average molecular weight is 396 g/mol. The van der Waals surface area contributed by atoms with E-state index in [1.54, 1.807) is 36.5 Å². The Labute approximate surface area is 166 Å². The summed E-state index contributed by atoms with van der Waals surface area (Å²) in [5, 5.41) is 1.92. The molecule has 4 rings (SSSR count). The molecule has 6 heteroatoms. The Kier molecular flexibility index (Phi) is 5.02. The smallest absolute Gasteiger partial charge is 0.428 e. The van der Waals surface area contributed by atoms with Crippen LogP contribution in [-0.4, -0.2) is 11.9 Å². The monoisotopic (exact) mass is 395 g/mol. The minimum absolute atomic E-state index is 0.345. The molecule has 2 nitrogen and oxygen atoms in total. The number of rotatable bonds is 4. The maximum atomic E-state index is 13.9. The van der Waals surface area contributed by atoms with Crippen LogP contribution in [0.5, 0.6) is 5.75 Å². The van der Waals surface area contributed by atoms with Crippen molar-refractivity contribution in [3.63, 3.8) is 0 Å². The van der Waals surface area contributed by atoms with Crippen molar-refractivity contribution in [3.05, 3.63) is 94.9 Å². The molecule has 0 aliphatic heterocycles. The fraction of sp³-hybridized carbons (Fsp3) is 0. The number of nitrogens with zero attached hydrogens (tertiary/aromatic N) is 1. The van der Waals surface area contributed by atoms with Crippen LogP contribution < -0.4 is 15.6 Å². The molecule has 132 valence electrons. The molecule has 3 aromatic carbocycles. The van der Waals surface area contributed by atoms with Gasteiger partial charge in [0, 0.05) is 21.6 Å². The zero-order valence-electron chi connectivity index (χ0n) is 14.1. The Hall–Kier alpha value is -2.56. The lowest BCUT2D eigenvalue weighted by atomic mass is 9.55. The molecule has 0 saturated heterocycles. The van der Waals surface area contributed by atoms with Gasteiger partial charge in [-0.2, -0.15) is 0 Å². The second-order valence-electron chi connectivity index (χ2n) is 6.05. The molecule has 0 aliphatic carbocycles. The number of halogens is 3. The number of fused-ring (bicyclic) bond motifs is 1. The first-order chi connectivity index (χ1) is 13.1. The molecule has 0 atom stereocenters. The van der Waals surface area contributed by atoms with E-state index < -0.39 is 6.92 Å². The molecule has 0 bridgehead atoms. The van der Waals surface area contributed by atoms with Crippen LogP contribution in [0, 0.1) is 5.82 Å². The van der Waals surface area contributed by atoms with Crippen LogP contribution in [0.2, 0.25) is 10.0 Å². The maximum absolute atomic E-state index is 13.9. The third-order valence-corrected chi connectivity index (χ3v) is 4.80. The number of hydrogen-bond donors (Lipinski definition) is 0. The molecule has 0 unspecified atom stereocenters. The molecule has 0 aliphatic rings. The SMILES string of the molecule is Fc1cccc(B(Oc2cccc3cccnc23)c2ccc(Cl)cc2Cl)c1. The van der Waals surface area contributed by atoms with Crippen LogP contribution in [0.3, 0.4) is 0 Å². The van der Waals surface area contributed by atoms with Crippen molar-refractivity contribution in [2.45, 2.75) is 0 Å². The minimum Gasteiger partial charge on any atom is -0.550 e. The molecule has 4 aromatic rings. The van der Waals surface area contributed by atoms with Crippen molar-refractivity contribution in [2.75, 3.05) is 0 Å². The summed E-state index contributed by atoms with van der Waals surface area (Å²) in [5.41, 5.74) is 2.07. The van der Waals surface area contributed by atoms with Gasteiger partial charge in [-0.05, 0) is 47.3 Å². The van der Waals surface area contributed by atoms with Gasteiger partial charge in [0.2, 0.25) is 0 Å². The van der Waals surface area contributed by atoms with Crippen molar-refractivity contribution >= 4 is 51.9 Å². The lowest BCUT2D eigenvalue weighted by Gasteiger charge is -2.19. The Bertz CT molecular complexity index is 1120. The summed E-state index contributed by atoms with van der Waals surface area (Å²) < 4.78 is 20.2. The largest absolute Gasteiger partial charge is 0.550 e. The first-order valence-corrected chi connectivity index (χ1v) is 9.08. The zero-order chi connectivity index (χ0) is 18.8. The number of para-hydroxylation sites is 1. The van der Waals surface area contributed by atoms with E-state index in [1.165, 1.54) is 12.1 Å². The van der Waals surface area contributed by atoms with E-state index in [4.69, 9.17) is 27.9 Å². The van der Waals surface area contributed by atoms with Crippen LogP contribution in [-0.2, 0) is 0 Å². The fourth-order valence-corrected chi connectivity index (χ4v) is 3.50. The predicted octanol–water partition coefficient (Wildman–Crippen LogP) is 4.87. The summed E-state index contributed by atoms with van der Waals surface area (Å²) in [5.74, 6) is 0.246. The van der Waals surface area contributed by atoms with Crippen LogP contribution in [0.1, 0.15) is 0 Å². The van der Waals surface area contributed by atoms with Gasteiger partial charge in [-0.15, -0.1) is 0 Å². The first-order valence-electron chi connectivity index (χ1n) is 8.32. The van der Waals surface area contributed by atoms with Gasteiger partial charge in [0.25, 0.3) is 0 Å². The van der Waals surface area contributed by atoms with Crippen molar-refractivity contribution < 1.29 is 9.04 Å². The molecule has 0 spiro atoms. The van der Waals surface area contributed by atoms with E-state index in [-0.39, 0.29) is 5.82 Å². The number of aromatic nitrogens is 1. The highest BCUT2D eigenvalue weighted by Gasteiger charge is 2.27. The summed E-state index contributed by atoms with van der Waals surface area (Å²) in [6, 6.07) is 21.0. The third-order valence-electron chi connectivity index (χ3n) is 4.24. The standard InChI is InChI=1S/C21H13BCl2FNO/c23-16-9-10-18(19(24)13-16)22(15-6-2-7-17(25)12-15)27-20-8-1-4-14-5-3-11-26-21(14)20/h1-13H. The molecule has 1 aromatic heterocycles. The minimum atomic E-state index is -0.613. The van der Waals surface area contributed by atoms with Gasteiger partial charge in [-0.25, -0.2) is 4.39 Å². The fourth-order valence-electron chi connectivity index (χ4n) is 2.99. The van der Waals surface area contributed by atoms with Crippen LogP contribution >= 0.6 is 23.2 Å². The molecule has 0 fully saturated rings. The highest BCUT2D eigenvalue weighted by atomic mass is 35.5. The molecule has 0 saturated carbocycles. The quantitative estimate of drug-likeness (QED) is 0.460. The third kappa shape index (κ3) is 3.77. The lowest BCUT2D eigenvalue weighted by Crippen LogP contribution is -2.48. The maximum Gasteiger partial charge on any atom is 0.428 e. The summed E-state index contributed by atoms with van der Waals surface area (Å²) in [6.07, 6.45) is 1.71. The van der Waals surface area contributed by atoms with Gasteiger partial charge in [-0.3, -0.25) is 4.98 Å². The Morgan fingerprint density at radius 2 is 1.70 bits per heavy atom. The molecule has 1 heterocycles. The van der Waals surface area contributed by atoms with Crippen molar-refractivity contribution in [3.8, 4) is 5.75 Å². The molecule has 0 amide bonds. The van der Waals surface area contributed by atoms with Gasteiger partial charge in [0.1, 0.15) is 17.1 Å². The molecule has 0 radical (unpaired) electrons. The highest BCUT2D eigenvalue weighted by molar-refractivity contribution is 6.82. The first kappa shape index (κ1) is 17.8. The Morgan fingerprint density at radius 3 is 2.52 bits per heavy atom. The van der Waals surface area contributed by atoms with Gasteiger partial charge in [0.15, 0.2) is 0 Å². The van der Waals surface area contributed by atoms with E-state index in [2.05, 4.69) is 4.98 Å². The molecule has 27 heavy (non-hydrogen) atoms. The second-order valence-corrected chi connectivity index (χ2v) is 6.89. The van der Waals surface area contributed by atoms with Crippen LogP contribution in [0.25, 0.3) is 10.9 Å². The lowest BCUT2D eigenvalue weighted by molar-refractivity contribution is 0.595. The van der Waals surface area contributed by atoms with E-state index in [0.717, 1.165) is 10.9 Å². The van der Waals surface area contributed by atoms with Gasteiger partial charge >= 0.3 is 6.92 Å². The van der Waals surface area contributed by atoms with Crippen molar-refractivity contribution in [1.82, 2.24) is 4.98 Å². The summed E-state index contributed by atoms with van der Waals surface area (Å²) in [7, 11) is 0. The van der Waals surface area contributed by atoms with E-state index in [1.807, 2.05) is 30.3 Å². The zero-order valence-corrected chi connectivity index (χ0v) is 15.6. The van der Waals surface area contributed by atoms with Crippen LogP contribution in [0.15, 0.2) is 79.0 Å². The van der Waals surface area contributed by atoms with Crippen molar-refractivity contribution in [1.29, 1.82) is 0 Å². The summed E-state index contributed by atoms with van der Waals surface area (Å²) >= 11 is 12.5. The van der Waals surface area contributed by atoms with Gasteiger partial charge < -0.3 is 4.65 Å². The van der Waals surface area contributed by atoms with Crippen LogP contribution in [0.4, 0.5) is 4.39 Å². The van der Waals surface area contributed by atoms with E-state index in [9.17, 15) is 4.39 Å². The normalized spacial score (nSPS) is 10.8. The summed E-state index contributed by atoms with van der Waals surface area (Å²) in [6.45, 7) is -0.613. The molecular weight excluding hydrogens is 383 g/mol. The highest BCUT2D eigenvalue weighted by Crippen LogP contribution is 2.24. The van der Waals surface area contributed by atoms with Gasteiger partial charge in [0.05, 0.1) is 0 Å². The Morgan fingerprint density at radius 1 is 0.889 bits per heavy atom. The molecular formula is C21H13BCl2FNO. The number of pyridine rings is 1. The number of benzene rings is 3. The second kappa shape index (κ2) is 7.59. The molecule has 0 N–H and O–H groups in total. The van der Waals surface area contributed by atoms with Crippen molar-refractivity contribution in [2.24, 2.45) is 0 Å².